The Morgan fingerprint density at radius 1 is 1.11 bits per heavy atom. The standard InChI is InChI=1S/C26H30F2N4O4S/c1-36-22-9-5-10-23(16-22)37(34,35)31-12-6-11-26(17-31)24(29-20-7-3-2-4-8-20)30-25(33)32(26)21-14-18(27)13-19(28)15-21/h5,9-10,13-16,20H,2-4,6-8,11-12,17H2,1H3,(H-,29,30,33,34,35). The molecule has 8 nitrogen and oxygen atoms in total. The number of carbonyl (C=O) groups is 1. The molecule has 2 aromatic carbocycles. The number of sulfonamides is 1. The molecule has 1 aliphatic carbocycles. The molecule has 3 aliphatic rings. The molecule has 37 heavy (non-hydrogen) atoms. The van der Waals surface area contributed by atoms with Gasteiger partial charge in [-0.15, -0.1) is 4.31 Å². The van der Waals surface area contributed by atoms with E-state index >= 15 is 0 Å². The van der Waals surface area contributed by atoms with Crippen LogP contribution in [0.5, 0.6) is 5.75 Å². The molecule has 0 bridgehead atoms. The Balaban J connectivity index is 1.59. The summed E-state index contributed by atoms with van der Waals surface area (Å²) in [6.07, 6.45) is 5.73. The normalized spacial score (nSPS) is 25.9. The van der Waals surface area contributed by atoms with E-state index in [1.54, 1.807) is 12.1 Å². The summed E-state index contributed by atoms with van der Waals surface area (Å²) in [4.78, 5) is 19.6. The number of methoxy groups -OCH3 is 1. The number of rotatable bonds is 5. The van der Waals surface area contributed by atoms with Crippen molar-refractivity contribution in [1.29, 1.82) is 0 Å². The highest BCUT2D eigenvalue weighted by Crippen LogP contribution is 2.40. The SMILES string of the molecule is COc1cccc([S+](=O)([O-])N2CCCC3(C2)C(=NC2CCCCC2)NC(=O)N3c2cc(F)cc(F)c2)c1. The lowest BCUT2D eigenvalue weighted by molar-refractivity contribution is 0.236. The van der Waals surface area contributed by atoms with Crippen LogP contribution in [0, 0.1) is 11.6 Å². The second kappa shape index (κ2) is 10.1. The van der Waals surface area contributed by atoms with Gasteiger partial charge in [0.25, 0.3) is 0 Å². The third kappa shape index (κ3) is 4.87. The quantitative estimate of drug-likeness (QED) is 0.566. The fraction of sp³-hybridized carbons (Fsp3) is 0.462. The van der Waals surface area contributed by atoms with Gasteiger partial charge in [-0.25, -0.2) is 13.6 Å². The van der Waals surface area contributed by atoms with Gasteiger partial charge in [-0.3, -0.25) is 15.2 Å². The van der Waals surface area contributed by atoms with Crippen molar-refractivity contribution in [3.63, 3.8) is 0 Å². The van der Waals surface area contributed by atoms with Crippen LogP contribution < -0.4 is 15.0 Å². The second-order valence-electron chi connectivity index (χ2n) is 9.82. The van der Waals surface area contributed by atoms with Crippen LogP contribution in [0.25, 0.3) is 0 Å². The predicted octanol–water partition coefficient (Wildman–Crippen LogP) is 4.67. The van der Waals surface area contributed by atoms with E-state index in [0.717, 1.165) is 50.3 Å². The summed E-state index contributed by atoms with van der Waals surface area (Å²) in [5, 5.41) is 2.83. The van der Waals surface area contributed by atoms with Crippen LogP contribution in [0.1, 0.15) is 44.9 Å². The number of hydrogen-bond acceptors (Lipinski definition) is 5. The van der Waals surface area contributed by atoms with Crippen LogP contribution >= 0.6 is 0 Å². The third-order valence-corrected chi connectivity index (χ3v) is 9.25. The predicted molar refractivity (Wildman–Crippen MR) is 135 cm³/mol. The second-order valence-corrected chi connectivity index (χ2v) is 11.8. The lowest BCUT2D eigenvalue weighted by Gasteiger charge is -2.44. The molecule has 1 N–H and O–H groups in total. The Kier molecular flexibility index (Phi) is 7.03. The molecule has 2 heterocycles. The van der Waals surface area contributed by atoms with E-state index in [0.29, 0.717) is 24.4 Å². The maximum atomic E-state index is 14.2. The number of anilines is 1. The maximum absolute atomic E-state index is 14.2. The summed E-state index contributed by atoms with van der Waals surface area (Å²) < 4.78 is 62.4. The van der Waals surface area contributed by atoms with Gasteiger partial charge >= 0.3 is 6.03 Å². The minimum Gasteiger partial charge on any atom is -0.593 e. The molecule has 5 rings (SSSR count). The first-order chi connectivity index (χ1) is 17.7. The van der Waals surface area contributed by atoms with Crippen LogP contribution in [0.3, 0.4) is 0 Å². The Morgan fingerprint density at radius 2 is 1.84 bits per heavy atom. The van der Waals surface area contributed by atoms with E-state index in [2.05, 4.69) is 5.32 Å². The van der Waals surface area contributed by atoms with Gasteiger partial charge in [-0.05, 0) is 49.9 Å². The molecule has 2 amide bonds. The van der Waals surface area contributed by atoms with Crippen molar-refractivity contribution < 1.29 is 27.1 Å². The van der Waals surface area contributed by atoms with Gasteiger partial charge < -0.3 is 9.29 Å². The molecule has 2 aromatic rings. The average Bonchev–Trinajstić information content (AvgIpc) is 3.13. The lowest BCUT2D eigenvalue weighted by atomic mass is 9.87. The van der Waals surface area contributed by atoms with E-state index < -0.39 is 33.6 Å². The number of nitrogens with zero attached hydrogens (tertiary/aromatic N) is 3. The zero-order valence-electron chi connectivity index (χ0n) is 20.6. The van der Waals surface area contributed by atoms with Gasteiger partial charge in [0.1, 0.15) is 28.8 Å². The average molecular weight is 533 g/mol. The highest BCUT2D eigenvalue weighted by Gasteiger charge is 2.56. The number of amidine groups is 1. The van der Waals surface area contributed by atoms with Crippen LogP contribution in [-0.4, -0.2) is 52.5 Å². The first kappa shape index (κ1) is 25.7. The number of aliphatic imine (C=N–C) groups is 1. The highest BCUT2D eigenvalue weighted by atomic mass is 32.3. The molecule has 1 saturated carbocycles. The number of benzene rings is 2. The number of piperidine rings is 1. The molecule has 2 atom stereocenters. The molecular formula is C26H30F2N4O4S. The molecule has 1 spiro atoms. The monoisotopic (exact) mass is 532 g/mol. The lowest BCUT2D eigenvalue weighted by Crippen LogP contribution is -2.62. The number of ether oxygens (including phenoxy) is 1. The zero-order chi connectivity index (χ0) is 26.2. The van der Waals surface area contributed by atoms with Crippen molar-refractivity contribution in [3.05, 3.63) is 54.1 Å². The minimum absolute atomic E-state index is 0.00418. The summed E-state index contributed by atoms with van der Waals surface area (Å²) in [5.74, 6) is -0.888. The maximum Gasteiger partial charge on any atom is 0.328 e. The van der Waals surface area contributed by atoms with Crippen molar-refractivity contribution in [2.75, 3.05) is 25.1 Å². The molecule has 2 unspecified atom stereocenters. The molecule has 0 aromatic heterocycles. The summed E-state index contributed by atoms with van der Waals surface area (Å²) >= 11 is 0. The Morgan fingerprint density at radius 3 is 2.54 bits per heavy atom. The van der Waals surface area contributed by atoms with E-state index in [9.17, 15) is 22.3 Å². The Hall–Kier alpha value is -2.89. The van der Waals surface area contributed by atoms with Gasteiger partial charge in [0.15, 0.2) is 15.3 Å². The van der Waals surface area contributed by atoms with Crippen LogP contribution in [0.4, 0.5) is 19.3 Å². The number of amides is 2. The first-order valence-electron chi connectivity index (χ1n) is 12.5. The zero-order valence-corrected chi connectivity index (χ0v) is 21.4. The summed E-state index contributed by atoms with van der Waals surface area (Å²) in [5.41, 5.74) is -1.21. The van der Waals surface area contributed by atoms with Crippen molar-refractivity contribution in [2.45, 2.75) is 61.4 Å². The largest absolute Gasteiger partial charge is 0.593 e. The third-order valence-electron chi connectivity index (χ3n) is 7.40. The molecule has 11 heteroatoms. The van der Waals surface area contributed by atoms with E-state index in [4.69, 9.17) is 9.73 Å². The van der Waals surface area contributed by atoms with Gasteiger partial charge in [-0.1, -0.05) is 29.5 Å². The first-order valence-corrected chi connectivity index (χ1v) is 14.0. The Bertz CT molecular complexity index is 1250. The number of nitrogens with one attached hydrogen (secondary N) is 1. The van der Waals surface area contributed by atoms with Crippen LogP contribution in [0.15, 0.2) is 52.4 Å². The highest BCUT2D eigenvalue weighted by molar-refractivity contribution is 7.95. The molecule has 0 radical (unpaired) electrons. The van der Waals surface area contributed by atoms with Gasteiger partial charge in [0, 0.05) is 18.7 Å². The van der Waals surface area contributed by atoms with Crippen molar-refractivity contribution in [2.24, 2.45) is 4.99 Å². The molecule has 2 aliphatic heterocycles. The fourth-order valence-corrected chi connectivity index (χ4v) is 7.21. The number of urea groups is 1. The van der Waals surface area contributed by atoms with Crippen LogP contribution in [0.2, 0.25) is 0 Å². The van der Waals surface area contributed by atoms with Gasteiger partial charge in [-0.2, -0.15) is 0 Å². The fourth-order valence-electron chi connectivity index (χ4n) is 5.64. The Labute approximate surface area is 216 Å². The summed E-state index contributed by atoms with van der Waals surface area (Å²) in [6.45, 7) is 0.131. The smallest absolute Gasteiger partial charge is 0.328 e. The molecule has 2 saturated heterocycles. The van der Waals surface area contributed by atoms with E-state index in [1.165, 1.54) is 28.4 Å². The van der Waals surface area contributed by atoms with Crippen LogP contribution in [-0.2, 0) is 14.6 Å². The van der Waals surface area contributed by atoms with Crippen molar-refractivity contribution in [1.82, 2.24) is 9.62 Å². The van der Waals surface area contributed by atoms with Crippen molar-refractivity contribution >= 4 is 28.0 Å². The van der Waals surface area contributed by atoms with Crippen molar-refractivity contribution in [3.8, 4) is 5.75 Å². The molecular weight excluding hydrogens is 502 g/mol. The van der Waals surface area contributed by atoms with E-state index in [1.807, 2.05) is 0 Å². The summed E-state index contributed by atoms with van der Waals surface area (Å²) in [6, 6.07) is 8.53. The van der Waals surface area contributed by atoms with E-state index in [-0.39, 0.29) is 29.7 Å². The van der Waals surface area contributed by atoms with Gasteiger partial charge in [0.2, 0.25) is 0 Å². The molecule has 3 fully saturated rings. The minimum atomic E-state index is -3.97. The number of halogens is 2. The molecule has 198 valence electrons. The van der Waals surface area contributed by atoms with Gasteiger partial charge in [0.05, 0.1) is 25.4 Å². The summed E-state index contributed by atoms with van der Waals surface area (Å²) in [7, 11) is -2.51. The number of hydrogen-bond donors (Lipinski definition) is 1. The topological polar surface area (TPSA) is 97.3 Å². The number of carbonyl (C=O) groups excluding carboxylic acids is 1.